The molecule has 0 aliphatic carbocycles. The predicted molar refractivity (Wildman–Crippen MR) is 133 cm³/mol. The third-order valence-corrected chi connectivity index (χ3v) is 5.10. The van der Waals surface area contributed by atoms with Crippen molar-refractivity contribution in [1.29, 1.82) is 0 Å². The molecule has 0 spiro atoms. The molecule has 3 rings (SSSR count). The van der Waals surface area contributed by atoms with E-state index in [0.29, 0.717) is 34.9 Å². The monoisotopic (exact) mass is 481 g/mol. The van der Waals surface area contributed by atoms with Crippen LogP contribution in [0.1, 0.15) is 10.4 Å². The molecule has 2 aromatic heterocycles. The number of halogens is 2. The van der Waals surface area contributed by atoms with Crippen molar-refractivity contribution in [3.8, 4) is 22.3 Å². The zero-order valence-electron chi connectivity index (χ0n) is 18.7. The van der Waals surface area contributed by atoms with E-state index in [1.165, 1.54) is 18.2 Å². The Morgan fingerprint density at radius 3 is 2.76 bits per heavy atom. The Morgan fingerprint density at radius 1 is 1.29 bits per heavy atom. The van der Waals surface area contributed by atoms with Crippen LogP contribution in [0.15, 0.2) is 78.8 Å². The summed E-state index contributed by atoms with van der Waals surface area (Å²) in [5.41, 5.74) is 9.28. The van der Waals surface area contributed by atoms with E-state index in [-0.39, 0.29) is 17.9 Å². The summed E-state index contributed by atoms with van der Waals surface area (Å²) in [6, 6.07) is 6.11. The fourth-order valence-corrected chi connectivity index (χ4v) is 3.35. The lowest BCUT2D eigenvalue weighted by atomic mass is 10.0. The Labute approximate surface area is 202 Å². The zero-order valence-corrected chi connectivity index (χ0v) is 19.5. The van der Waals surface area contributed by atoms with Crippen LogP contribution in [0.4, 0.5) is 10.2 Å². The number of nitrogens with zero attached hydrogens (tertiary/aromatic N) is 3. The second-order valence-corrected chi connectivity index (χ2v) is 7.87. The number of nitrogens with two attached hydrogens (primary N) is 1. The summed E-state index contributed by atoms with van der Waals surface area (Å²) in [6.45, 7) is 8.51. The number of carbonyl (C=O) groups excluding carboxylic acids is 1. The van der Waals surface area contributed by atoms with Gasteiger partial charge in [-0.25, -0.2) is 9.37 Å². The first-order valence-corrected chi connectivity index (χ1v) is 10.7. The van der Waals surface area contributed by atoms with Crippen molar-refractivity contribution in [2.45, 2.75) is 6.54 Å². The Kier molecular flexibility index (Phi) is 8.34. The van der Waals surface area contributed by atoms with Gasteiger partial charge in [-0.2, -0.15) is 5.10 Å². The van der Waals surface area contributed by atoms with Crippen LogP contribution >= 0.6 is 11.6 Å². The van der Waals surface area contributed by atoms with Gasteiger partial charge < -0.3 is 15.8 Å². The third kappa shape index (κ3) is 6.18. The largest absolute Gasteiger partial charge is 0.383 e. The van der Waals surface area contributed by atoms with Gasteiger partial charge in [-0.1, -0.05) is 36.9 Å². The van der Waals surface area contributed by atoms with E-state index in [4.69, 9.17) is 22.1 Å². The summed E-state index contributed by atoms with van der Waals surface area (Å²) in [5, 5.41) is 7.24. The van der Waals surface area contributed by atoms with E-state index in [9.17, 15) is 9.18 Å². The maximum absolute atomic E-state index is 14.9. The molecule has 2 heterocycles. The SMILES string of the molecule is C=C/C(=C\C(=C)Cl)CNC(=O)c1ccc(-c2cc(-c3cnn(CCOC)c3)cnc2N)cc1F. The molecule has 0 fully saturated rings. The van der Waals surface area contributed by atoms with Gasteiger partial charge >= 0.3 is 0 Å². The Hall–Kier alpha value is -3.75. The molecular formula is C25H25ClFN5O2. The van der Waals surface area contributed by atoms with Crippen molar-refractivity contribution in [2.24, 2.45) is 0 Å². The van der Waals surface area contributed by atoms with E-state index in [2.05, 4.69) is 28.6 Å². The Balaban J connectivity index is 1.82. The predicted octanol–water partition coefficient (Wildman–Crippen LogP) is 4.57. The molecule has 7 nitrogen and oxygen atoms in total. The fraction of sp³-hybridized carbons (Fsp3) is 0.160. The van der Waals surface area contributed by atoms with Crippen molar-refractivity contribution in [2.75, 3.05) is 26.0 Å². The molecule has 34 heavy (non-hydrogen) atoms. The van der Waals surface area contributed by atoms with Gasteiger partial charge in [-0.3, -0.25) is 9.48 Å². The molecule has 3 N–H and O–H groups in total. The maximum atomic E-state index is 14.9. The minimum absolute atomic E-state index is 0.0982. The Morgan fingerprint density at radius 2 is 2.09 bits per heavy atom. The van der Waals surface area contributed by atoms with Crippen LogP contribution in [0.2, 0.25) is 0 Å². The van der Waals surface area contributed by atoms with Crippen LogP contribution in [-0.2, 0) is 11.3 Å². The van der Waals surface area contributed by atoms with Crippen LogP contribution < -0.4 is 11.1 Å². The van der Waals surface area contributed by atoms with E-state index in [0.717, 1.165) is 11.1 Å². The molecular weight excluding hydrogens is 457 g/mol. The molecule has 0 bridgehead atoms. The van der Waals surface area contributed by atoms with Gasteiger partial charge in [0.1, 0.15) is 11.6 Å². The molecule has 0 unspecified atom stereocenters. The number of methoxy groups -OCH3 is 1. The second-order valence-electron chi connectivity index (χ2n) is 7.39. The number of benzene rings is 1. The molecule has 1 aromatic carbocycles. The molecule has 0 saturated carbocycles. The van der Waals surface area contributed by atoms with E-state index in [1.54, 1.807) is 36.3 Å². The number of allylic oxidation sites excluding steroid dienone is 2. The Bertz CT molecular complexity index is 1250. The molecule has 0 atom stereocenters. The molecule has 1 amide bonds. The van der Waals surface area contributed by atoms with Crippen molar-refractivity contribution in [3.05, 3.63) is 90.2 Å². The van der Waals surface area contributed by atoms with Crippen LogP contribution in [0.25, 0.3) is 22.3 Å². The highest BCUT2D eigenvalue weighted by molar-refractivity contribution is 6.30. The third-order valence-electron chi connectivity index (χ3n) is 4.99. The summed E-state index contributed by atoms with van der Waals surface area (Å²) in [4.78, 5) is 16.7. The molecule has 0 aliphatic rings. The molecule has 0 aliphatic heterocycles. The second kappa shape index (κ2) is 11.4. The lowest BCUT2D eigenvalue weighted by Gasteiger charge is -2.10. The number of pyridine rings is 1. The number of nitrogens with one attached hydrogen (secondary N) is 1. The summed E-state index contributed by atoms with van der Waals surface area (Å²) >= 11 is 5.75. The van der Waals surface area contributed by atoms with Gasteiger partial charge in [-0.05, 0) is 35.4 Å². The number of nitrogen functional groups attached to an aromatic ring is 1. The minimum atomic E-state index is -0.682. The van der Waals surface area contributed by atoms with Crippen molar-refractivity contribution < 1.29 is 13.9 Å². The summed E-state index contributed by atoms with van der Waals surface area (Å²) < 4.78 is 21.7. The normalized spacial score (nSPS) is 11.3. The van der Waals surface area contributed by atoms with E-state index >= 15 is 0 Å². The maximum Gasteiger partial charge on any atom is 0.254 e. The number of carbonyl (C=O) groups is 1. The van der Waals surface area contributed by atoms with Crippen LogP contribution in [0.3, 0.4) is 0 Å². The van der Waals surface area contributed by atoms with Crippen molar-refractivity contribution in [1.82, 2.24) is 20.1 Å². The van der Waals surface area contributed by atoms with Crippen molar-refractivity contribution >= 4 is 23.3 Å². The van der Waals surface area contributed by atoms with Crippen molar-refractivity contribution in [3.63, 3.8) is 0 Å². The smallest absolute Gasteiger partial charge is 0.254 e. The minimum Gasteiger partial charge on any atom is -0.383 e. The number of hydrogen-bond donors (Lipinski definition) is 2. The fourth-order valence-electron chi connectivity index (χ4n) is 3.21. The summed E-state index contributed by atoms with van der Waals surface area (Å²) in [7, 11) is 1.63. The molecule has 0 saturated heterocycles. The van der Waals surface area contributed by atoms with Gasteiger partial charge in [0, 0.05) is 47.8 Å². The number of rotatable bonds is 10. The number of ether oxygens (including phenoxy) is 1. The number of amides is 1. The first-order valence-electron chi connectivity index (χ1n) is 10.3. The molecule has 9 heteroatoms. The van der Waals surface area contributed by atoms with Gasteiger partial charge in [0.2, 0.25) is 0 Å². The van der Waals surface area contributed by atoms with Crippen LogP contribution in [0.5, 0.6) is 0 Å². The lowest BCUT2D eigenvalue weighted by molar-refractivity contribution is 0.0953. The highest BCUT2D eigenvalue weighted by Gasteiger charge is 2.15. The zero-order chi connectivity index (χ0) is 24.7. The van der Waals surface area contributed by atoms with E-state index in [1.807, 2.05) is 12.3 Å². The van der Waals surface area contributed by atoms with Gasteiger partial charge in [-0.15, -0.1) is 0 Å². The number of aromatic nitrogens is 3. The van der Waals surface area contributed by atoms with Gasteiger partial charge in [0.05, 0.1) is 24.9 Å². The summed E-state index contributed by atoms with van der Waals surface area (Å²) in [6.07, 6.45) is 8.33. The topological polar surface area (TPSA) is 95.1 Å². The highest BCUT2D eigenvalue weighted by Crippen LogP contribution is 2.30. The molecule has 3 aromatic rings. The van der Waals surface area contributed by atoms with Gasteiger partial charge in [0.25, 0.3) is 5.91 Å². The first kappa shape index (κ1) is 24.9. The highest BCUT2D eigenvalue weighted by atomic mass is 35.5. The number of anilines is 1. The average molecular weight is 482 g/mol. The van der Waals surface area contributed by atoms with Gasteiger partial charge in [0.15, 0.2) is 0 Å². The number of hydrogen-bond acceptors (Lipinski definition) is 5. The summed E-state index contributed by atoms with van der Waals surface area (Å²) in [5.74, 6) is -1.01. The van der Waals surface area contributed by atoms with Crippen LogP contribution in [-0.4, -0.2) is 40.9 Å². The van der Waals surface area contributed by atoms with E-state index < -0.39 is 11.7 Å². The molecule has 0 radical (unpaired) electrons. The average Bonchev–Trinajstić information content (AvgIpc) is 3.29. The quantitative estimate of drug-likeness (QED) is 0.413. The lowest BCUT2D eigenvalue weighted by Crippen LogP contribution is -2.26. The standard InChI is InChI=1S/C25H25ClFN5O2/c1-4-17(9-16(2)26)12-30-25(33)21-6-5-18(11-23(21)27)22-10-19(13-29-24(22)28)20-14-31-32(15-20)7-8-34-3/h4-6,9-11,13-15H,1-2,7-8,12H2,3H3,(H2,28,29)(H,30,33)/b17-9+. The first-order chi connectivity index (χ1) is 16.3. The van der Waals surface area contributed by atoms with Crippen LogP contribution in [0, 0.1) is 5.82 Å². The molecule has 176 valence electrons.